The van der Waals surface area contributed by atoms with Crippen LogP contribution >= 0.6 is 11.8 Å². The maximum Gasteiger partial charge on any atom is 0.184 e. The number of thioether (sulfide) groups is 1. The first kappa shape index (κ1) is 37.2. The Morgan fingerprint density at radius 2 is 1.71 bits per heavy atom. The number of benzene rings is 2. The van der Waals surface area contributed by atoms with E-state index in [1.54, 1.807) is 24.9 Å². The third kappa shape index (κ3) is 7.50. The number of rotatable bonds is 16. The first-order chi connectivity index (χ1) is 22.9. The van der Waals surface area contributed by atoms with Gasteiger partial charge in [0.05, 0.1) is 12.7 Å². The Labute approximate surface area is 292 Å². The zero-order valence-electron chi connectivity index (χ0n) is 29.4. The van der Waals surface area contributed by atoms with Gasteiger partial charge in [-0.25, -0.2) is 0 Å². The molecule has 7 atom stereocenters. The second-order valence-corrected chi connectivity index (χ2v) is 21.6. The fraction of sp³-hybridized carbons (Fsp3) is 0.538. The van der Waals surface area contributed by atoms with Crippen LogP contribution in [0.2, 0.25) is 25.7 Å². The standard InChI is InChI=1S/C39H54O7SSi/c1-8-33-37(45-29-42-24-26-48(5,6)7,27-43-35(46-33)30-15-11-9-12-16-30)21-22-39(40)34(44-28-41-4)32-19-20-38(39,36(32,2)3)23-25-47-31-17-13-10-14-18-31/h8-18,21-23,25,32-35,40H,1,19-20,24,26-29H2,2-7H3/b22-21-,25-23-/t32-,33-,34+,35+,37+,38-,39+/m1/s1. The summed E-state index contributed by atoms with van der Waals surface area (Å²) in [5.41, 5.74) is -2.48. The van der Waals surface area contributed by atoms with E-state index in [1.807, 2.05) is 60.7 Å². The van der Waals surface area contributed by atoms with Gasteiger partial charge < -0.3 is 33.5 Å². The predicted molar refractivity (Wildman–Crippen MR) is 194 cm³/mol. The van der Waals surface area contributed by atoms with Crippen LogP contribution in [0.5, 0.6) is 0 Å². The highest BCUT2D eigenvalue weighted by atomic mass is 32.2. The Morgan fingerprint density at radius 3 is 2.38 bits per heavy atom. The van der Waals surface area contributed by atoms with E-state index in [9.17, 15) is 5.11 Å². The van der Waals surface area contributed by atoms with Crippen molar-refractivity contribution >= 4 is 19.8 Å². The molecule has 7 nitrogen and oxygen atoms in total. The van der Waals surface area contributed by atoms with Gasteiger partial charge in [-0.05, 0) is 53.8 Å². The maximum atomic E-state index is 13.1. The predicted octanol–water partition coefficient (Wildman–Crippen LogP) is 8.37. The molecule has 1 aliphatic heterocycles. The molecule has 0 unspecified atom stereocenters. The topological polar surface area (TPSA) is 75.6 Å². The minimum Gasteiger partial charge on any atom is -0.382 e. The largest absolute Gasteiger partial charge is 0.382 e. The third-order valence-corrected chi connectivity index (χ3v) is 13.2. The second-order valence-electron chi connectivity index (χ2n) is 15.0. The van der Waals surface area contributed by atoms with Gasteiger partial charge in [-0.3, -0.25) is 0 Å². The van der Waals surface area contributed by atoms with Crippen molar-refractivity contribution in [1.82, 2.24) is 0 Å². The Balaban J connectivity index is 1.50. The molecule has 5 rings (SSSR count). The fourth-order valence-corrected chi connectivity index (χ4v) is 9.31. The Morgan fingerprint density at radius 1 is 1.00 bits per heavy atom. The van der Waals surface area contributed by atoms with E-state index in [1.165, 1.54) is 0 Å². The molecule has 0 spiro atoms. The van der Waals surface area contributed by atoms with Gasteiger partial charge in [0.2, 0.25) is 0 Å². The zero-order valence-corrected chi connectivity index (χ0v) is 31.2. The SMILES string of the molecule is C=C[C@H]1O[C@@H](c2ccccc2)OC[C@]1(/C=C\[C@]1(O)[C@@H](OCOC)[C@H]2CC[C@@]1(/C=C\Sc1ccccc1)C2(C)C)OCOCC[Si](C)(C)C. The van der Waals surface area contributed by atoms with Gasteiger partial charge in [0, 0.05) is 37.7 Å². The van der Waals surface area contributed by atoms with Crippen molar-refractivity contribution < 1.29 is 33.5 Å². The molecule has 2 aromatic rings. The summed E-state index contributed by atoms with van der Waals surface area (Å²) in [6.45, 7) is 16.5. The van der Waals surface area contributed by atoms with Gasteiger partial charge in [0.15, 0.2) is 6.29 Å². The molecule has 3 aliphatic rings. The Hall–Kier alpha value is -2.05. The molecule has 0 amide bonds. The van der Waals surface area contributed by atoms with Crippen LogP contribution in [0.4, 0.5) is 0 Å². The van der Waals surface area contributed by atoms with Crippen LogP contribution in [0.15, 0.2) is 102 Å². The van der Waals surface area contributed by atoms with Gasteiger partial charge >= 0.3 is 0 Å². The number of hydrogen-bond acceptors (Lipinski definition) is 8. The summed E-state index contributed by atoms with van der Waals surface area (Å²) in [6.07, 6.45) is 7.85. The van der Waals surface area contributed by atoms with Crippen molar-refractivity contribution in [3.63, 3.8) is 0 Å². The van der Waals surface area contributed by atoms with Crippen LogP contribution in [-0.2, 0) is 28.4 Å². The fourth-order valence-electron chi connectivity index (χ4n) is 7.78. The van der Waals surface area contributed by atoms with Crippen molar-refractivity contribution in [3.8, 4) is 0 Å². The number of methoxy groups -OCH3 is 1. The third-order valence-electron chi connectivity index (χ3n) is 10.6. The summed E-state index contributed by atoms with van der Waals surface area (Å²) in [4.78, 5) is 1.14. The molecule has 48 heavy (non-hydrogen) atoms. The number of fused-ring (bicyclic) bond motifs is 2. The van der Waals surface area contributed by atoms with E-state index in [0.29, 0.717) is 6.61 Å². The number of hydrogen-bond donors (Lipinski definition) is 1. The summed E-state index contributed by atoms with van der Waals surface area (Å²) in [6, 6.07) is 21.2. The van der Waals surface area contributed by atoms with Crippen molar-refractivity contribution in [3.05, 3.63) is 103 Å². The summed E-state index contributed by atoms with van der Waals surface area (Å²) in [7, 11) is 0.327. The average molecular weight is 695 g/mol. The monoisotopic (exact) mass is 694 g/mol. The minimum atomic E-state index is -1.39. The van der Waals surface area contributed by atoms with E-state index < -0.39 is 43.2 Å². The molecule has 1 heterocycles. The highest BCUT2D eigenvalue weighted by molar-refractivity contribution is 8.02. The molecule has 3 fully saturated rings. The van der Waals surface area contributed by atoms with Crippen molar-refractivity contribution in [2.24, 2.45) is 16.7 Å². The molecule has 262 valence electrons. The zero-order chi connectivity index (χ0) is 34.5. The summed E-state index contributed by atoms with van der Waals surface area (Å²) < 4.78 is 37.2. The van der Waals surface area contributed by atoms with Gasteiger partial charge in [-0.1, -0.05) is 112 Å². The lowest BCUT2D eigenvalue weighted by molar-refractivity contribution is -0.292. The highest BCUT2D eigenvalue weighted by Crippen LogP contribution is 2.71. The van der Waals surface area contributed by atoms with Gasteiger partial charge in [-0.2, -0.15) is 0 Å². The summed E-state index contributed by atoms with van der Waals surface area (Å²) >= 11 is 1.65. The second kappa shape index (κ2) is 15.5. The molecular formula is C39H54O7SSi. The molecule has 2 bridgehead atoms. The van der Waals surface area contributed by atoms with Crippen LogP contribution in [0.25, 0.3) is 0 Å². The van der Waals surface area contributed by atoms with Gasteiger partial charge in [-0.15, -0.1) is 6.58 Å². The molecule has 1 N–H and O–H groups in total. The highest BCUT2D eigenvalue weighted by Gasteiger charge is 2.74. The minimum absolute atomic E-state index is 0.0524. The molecule has 2 aliphatic carbocycles. The van der Waals surface area contributed by atoms with Gasteiger partial charge in [0.1, 0.15) is 30.9 Å². The van der Waals surface area contributed by atoms with E-state index in [2.05, 4.69) is 63.7 Å². The summed E-state index contributed by atoms with van der Waals surface area (Å²) in [5, 5.41) is 15.2. The van der Waals surface area contributed by atoms with E-state index in [-0.39, 0.29) is 31.5 Å². The number of aliphatic hydroxyl groups is 1. The normalized spacial score (nSPS) is 33.1. The van der Waals surface area contributed by atoms with Crippen LogP contribution in [0, 0.1) is 16.7 Å². The summed E-state index contributed by atoms with van der Waals surface area (Å²) in [5.74, 6) is 0.104. The first-order valence-electron chi connectivity index (χ1n) is 17.0. The molecular weight excluding hydrogens is 641 g/mol. The quantitative estimate of drug-likeness (QED) is 0.0618. The Kier molecular flexibility index (Phi) is 12.0. The maximum absolute atomic E-state index is 13.1. The molecule has 2 saturated carbocycles. The van der Waals surface area contributed by atoms with E-state index >= 15 is 0 Å². The first-order valence-corrected chi connectivity index (χ1v) is 21.6. The van der Waals surface area contributed by atoms with Crippen molar-refractivity contribution in [2.75, 3.05) is 33.9 Å². The molecule has 0 radical (unpaired) electrons. The van der Waals surface area contributed by atoms with E-state index in [0.717, 1.165) is 29.3 Å². The van der Waals surface area contributed by atoms with Crippen LogP contribution in [0.3, 0.4) is 0 Å². The van der Waals surface area contributed by atoms with E-state index in [4.69, 9.17) is 28.4 Å². The van der Waals surface area contributed by atoms with Crippen LogP contribution in [0.1, 0.15) is 38.5 Å². The van der Waals surface area contributed by atoms with Crippen LogP contribution in [-0.4, -0.2) is 70.5 Å². The molecule has 1 saturated heterocycles. The van der Waals surface area contributed by atoms with Crippen molar-refractivity contribution in [1.29, 1.82) is 0 Å². The lowest BCUT2D eigenvalue weighted by Crippen LogP contribution is -2.56. The Bertz CT molecular complexity index is 1400. The molecule has 9 heteroatoms. The molecule has 2 aromatic carbocycles. The lowest BCUT2D eigenvalue weighted by Gasteiger charge is -2.48. The lowest BCUT2D eigenvalue weighted by atomic mass is 9.62. The van der Waals surface area contributed by atoms with Crippen molar-refractivity contribution in [2.45, 2.75) is 87.0 Å². The number of ether oxygens (including phenoxy) is 6. The van der Waals surface area contributed by atoms with Gasteiger partial charge in [0.25, 0.3) is 0 Å². The smallest absolute Gasteiger partial charge is 0.184 e. The average Bonchev–Trinajstić information content (AvgIpc) is 3.40. The molecule has 0 aromatic heterocycles. The van der Waals surface area contributed by atoms with Crippen LogP contribution < -0.4 is 0 Å².